The van der Waals surface area contributed by atoms with Gasteiger partial charge in [0.25, 0.3) is 0 Å². The fourth-order valence-corrected chi connectivity index (χ4v) is 3.13. The molecule has 0 unspecified atom stereocenters. The van der Waals surface area contributed by atoms with Crippen LogP contribution in [0.4, 0.5) is 24.8 Å². The van der Waals surface area contributed by atoms with Crippen molar-refractivity contribution >= 4 is 34.3 Å². The first kappa shape index (κ1) is 21.8. The Kier molecular flexibility index (Phi) is 5.87. The summed E-state index contributed by atoms with van der Waals surface area (Å²) in [6.45, 7) is -0.466. The van der Waals surface area contributed by atoms with Crippen LogP contribution in [0.25, 0.3) is 22.4 Å². The highest BCUT2D eigenvalue weighted by Gasteiger charge is 2.30. The molecule has 0 amide bonds. The predicted octanol–water partition coefficient (Wildman–Crippen LogP) is 3.92. The topological polar surface area (TPSA) is 117 Å². The summed E-state index contributed by atoms with van der Waals surface area (Å²) >= 11 is 6.27. The van der Waals surface area contributed by atoms with Crippen molar-refractivity contribution in [2.75, 3.05) is 11.9 Å². The average molecular weight is 463 g/mol. The Morgan fingerprint density at radius 1 is 1.03 bits per heavy atom. The van der Waals surface area contributed by atoms with E-state index in [4.69, 9.17) is 16.7 Å². The molecule has 0 spiro atoms. The molecule has 0 aliphatic heterocycles. The molecule has 1 atom stereocenters. The van der Waals surface area contributed by atoms with E-state index in [0.717, 1.165) is 12.3 Å². The number of nitrogens with one attached hydrogen (secondary N) is 1. The van der Waals surface area contributed by atoms with Gasteiger partial charge in [-0.2, -0.15) is 13.2 Å². The molecule has 0 fully saturated rings. The number of nitrogens with zero attached hydrogens (tertiary/aromatic N) is 5. The molecule has 0 radical (unpaired) electrons. The number of fused-ring (bicyclic) bond motifs is 1. The average Bonchev–Trinajstić information content (AvgIpc) is 2.78. The summed E-state index contributed by atoms with van der Waals surface area (Å²) in [4.78, 5) is 20.7. The third kappa shape index (κ3) is 4.44. The third-order valence-electron chi connectivity index (χ3n) is 4.50. The van der Waals surface area contributed by atoms with E-state index in [1.165, 1.54) is 24.7 Å². The van der Waals surface area contributed by atoms with Crippen LogP contribution >= 0.6 is 11.6 Å². The van der Waals surface area contributed by atoms with Crippen LogP contribution in [0.5, 0.6) is 0 Å². The number of aliphatic hydroxyl groups is 2. The quantitative estimate of drug-likeness (QED) is 0.408. The largest absolute Gasteiger partial charge is 0.417 e. The van der Waals surface area contributed by atoms with Gasteiger partial charge in [-0.1, -0.05) is 11.6 Å². The van der Waals surface area contributed by atoms with Crippen LogP contribution in [0.15, 0.2) is 49.1 Å². The van der Waals surface area contributed by atoms with Gasteiger partial charge in [0.15, 0.2) is 5.65 Å². The Labute approximate surface area is 183 Å². The summed E-state index contributed by atoms with van der Waals surface area (Å²) < 4.78 is 38.1. The maximum atomic E-state index is 12.7. The zero-order valence-corrected chi connectivity index (χ0v) is 16.8. The second kappa shape index (κ2) is 8.61. The highest BCUT2D eigenvalue weighted by Crippen LogP contribution is 2.31. The number of anilines is 2. The van der Waals surface area contributed by atoms with Crippen LogP contribution in [0, 0.1) is 0 Å². The van der Waals surface area contributed by atoms with E-state index >= 15 is 0 Å². The van der Waals surface area contributed by atoms with Crippen molar-refractivity contribution in [3.05, 3.63) is 65.2 Å². The van der Waals surface area contributed by atoms with Crippen LogP contribution in [0.1, 0.15) is 17.2 Å². The van der Waals surface area contributed by atoms with Crippen molar-refractivity contribution in [3.63, 3.8) is 0 Å². The molecule has 0 aliphatic rings. The number of rotatable bonds is 5. The summed E-state index contributed by atoms with van der Waals surface area (Å²) in [5.74, 6) is 0.478. The molecule has 12 heteroatoms. The van der Waals surface area contributed by atoms with Crippen LogP contribution < -0.4 is 5.32 Å². The van der Waals surface area contributed by atoms with E-state index in [0.29, 0.717) is 33.8 Å². The van der Waals surface area contributed by atoms with Gasteiger partial charge in [0.05, 0.1) is 28.3 Å². The summed E-state index contributed by atoms with van der Waals surface area (Å²) in [5.41, 5.74) is 0.553. The molecule has 0 saturated heterocycles. The number of aliphatic hydroxyl groups excluding tert-OH is 2. The SMILES string of the molecule is OC[C@@H](O)c1cnc(-c2ccc3c(Nc4ccc(C(F)(F)F)cn4)ncnc3n2)c(Cl)c1. The Morgan fingerprint density at radius 2 is 1.84 bits per heavy atom. The van der Waals surface area contributed by atoms with Gasteiger partial charge in [-0.05, 0) is 30.3 Å². The Hall–Kier alpha value is -3.41. The maximum Gasteiger partial charge on any atom is 0.417 e. The number of halogens is 4. The van der Waals surface area contributed by atoms with Gasteiger partial charge in [-0.15, -0.1) is 0 Å². The summed E-state index contributed by atoms with van der Waals surface area (Å²) in [6, 6.07) is 6.90. The fourth-order valence-electron chi connectivity index (χ4n) is 2.86. The van der Waals surface area contributed by atoms with Crippen LogP contribution in [-0.4, -0.2) is 41.7 Å². The second-order valence-corrected chi connectivity index (χ2v) is 7.05. The normalized spacial score (nSPS) is 12.7. The van der Waals surface area contributed by atoms with E-state index in [9.17, 15) is 18.3 Å². The minimum atomic E-state index is -4.48. The Balaban J connectivity index is 1.64. The lowest BCUT2D eigenvalue weighted by Gasteiger charge is -2.11. The lowest BCUT2D eigenvalue weighted by atomic mass is 10.1. The lowest BCUT2D eigenvalue weighted by Crippen LogP contribution is -2.06. The molecule has 0 saturated carbocycles. The second-order valence-electron chi connectivity index (χ2n) is 6.64. The number of hydrogen-bond acceptors (Lipinski definition) is 8. The first-order chi connectivity index (χ1) is 15.3. The predicted molar refractivity (Wildman–Crippen MR) is 110 cm³/mol. The van der Waals surface area contributed by atoms with Gasteiger partial charge in [0, 0.05) is 18.0 Å². The molecule has 8 nitrogen and oxygen atoms in total. The molecule has 0 bridgehead atoms. The molecule has 4 aromatic rings. The van der Waals surface area contributed by atoms with E-state index < -0.39 is 24.5 Å². The van der Waals surface area contributed by atoms with Crippen molar-refractivity contribution in [1.29, 1.82) is 0 Å². The highest BCUT2D eigenvalue weighted by atomic mass is 35.5. The molecule has 32 heavy (non-hydrogen) atoms. The first-order valence-electron chi connectivity index (χ1n) is 9.13. The molecule has 4 rings (SSSR count). The Morgan fingerprint density at radius 3 is 2.50 bits per heavy atom. The van der Waals surface area contributed by atoms with Gasteiger partial charge < -0.3 is 15.5 Å². The number of aromatic nitrogens is 5. The summed E-state index contributed by atoms with van der Waals surface area (Å²) in [7, 11) is 0. The van der Waals surface area contributed by atoms with Crippen LogP contribution in [0.2, 0.25) is 5.02 Å². The Bertz CT molecular complexity index is 1270. The van der Waals surface area contributed by atoms with E-state index in [-0.39, 0.29) is 10.8 Å². The third-order valence-corrected chi connectivity index (χ3v) is 4.79. The molecule has 3 N–H and O–H groups in total. The van der Waals surface area contributed by atoms with Crippen molar-refractivity contribution in [2.24, 2.45) is 0 Å². The van der Waals surface area contributed by atoms with E-state index in [2.05, 4.69) is 30.2 Å². The van der Waals surface area contributed by atoms with Gasteiger partial charge >= 0.3 is 6.18 Å². The standard InChI is InChI=1S/C20H14ClF3N6O2/c21-13-5-10(15(32)8-31)6-26-17(13)14-3-2-12-18(29-14)27-9-28-19(12)30-16-4-1-11(7-25-16)20(22,23)24/h1-7,9,15,31-32H,8H2,(H,25,27,28,29,30)/t15-/m1/s1. The fraction of sp³-hybridized carbons (Fsp3) is 0.150. The highest BCUT2D eigenvalue weighted by molar-refractivity contribution is 6.33. The smallest absolute Gasteiger partial charge is 0.393 e. The molecule has 0 aromatic carbocycles. The van der Waals surface area contributed by atoms with Gasteiger partial charge in [0.1, 0.15) is 29.8 Å². The van der Waals surface area contributed by atoms with Crippen molar-refractivity contribution in [3.8, 4) is 11.4 Å². The minimum absolute atomic E-state index is 0.171. The van der Waals surface area contributed by atoms with Crippen LogP contribution in [-0.2, 0) is 6.18 Å². The van der Waals surface area contributed by atoms with Crippen molar-refractivity contribution in [1.82, 2.24) is 24.9 Å². The number of hydrogen-bond donors (Lipinski definition) is 3. The molecular formula is C20H14ClF3N6O2. The molecule has 4 aromatic heterocycles. The van der Waals surface area contributed by atoms with Crippen molar-refractivity contribution in [2.45, 2.75) is 12.3 Å². The summed E-state index contributed by atoms with van der Waals surface area (Å²) in [6.07, 6.45) is -2.21. The minimum Gasteiger partial charge on any atom is -0.393 e. The molecule has 4 heterocycles. The molecular weight excluding hydrogens is 449 g/mol. The van der Waals surface area contributed by atoms with Gasteiger partial charge in [-0.3, -0.25) is 4.98 Å². The lowest BCUT2D eigenvalue weighted by molar-refractivity contribution is -0.137. The monoisotopic (exact) mass is 462 g/mol. The first-order valence-corrected chi connectivity index (χ1v) is 9.51. The van der Waals surface area contributed by atoms with Gasteiger partial charge in [0.2, 0.25) is 0 Å². The van der Waals surface area contributed by atoms with E-state index in [1.807, 2.05) is 0 Å². The zero-order valence-electron chi connectivity index (χ0n) is 16.0. The summed E-state index contributed by atoms with van der Waals surface area (Å²) in [5, 5.41) is 22.4. The number of alkyl halides is 3. The number of pyridine rings is 3. The van der Waals surface area contributed by atoms with Crippen molar-refractivity contribution < 1.29 is 23.4 Å². The van der Waals surface area contributed by atoms with E-state index in [1.54, 1.807) is 12.1 Å². The molecule has 0 aliphatic carbocycles. The molecule has 164 valence electrons. The van der Waals surface area contributed by atoms with Crippen LogP contribution in [0.3, 0.4) is 0 Å². The maximum absolute atomic E-state index is 12.7. The zero-order chi connectivity index (χ0) is 22.9. The van der Waals surface area contributed by atoms with Gasteiger partial charge in [-0.25, -0.2) is 19.9 Å².